The van der Waals surface area contributed by atoms with Gasteiger partial charge in [0.2, 0.25) is 5.91 Å². The van der Waals surface area contributed by atoms with E-state index in [0.717, 1.165) is 41.0 Å². The van der Waals surface area contributed by atoms with E-state index in [0.29, 0.717) is 16.5 Å². The normalized spacial score (nSPS) is 16.4. The van der Waals surface area contributed by atoms with Crippen LogP contribution < -0.4 is 5.32 Å². The van der Waals surface area contributed by atoms with Gasteiger partial charge in [0.25, 0.3) is 0 Å². The maximum Gasteiger partial charge on any atom is 0.235 e. The molecule has 0 spiro atoms. The van der Waals surface area contributed by atoms with Gasteiger partial charge in [0, 0.05) is 4.88 Å². The molecule has 1 amide bonds. The van der Waals surface area contributed by atoms with Crippen LogP contribution in [0.3, 0.4) is 0 Å². The first-order valence-corrected chi connectivity index (χ1v) is 11.6. The first-order valence-electron chi connectivity index (χ1n) is 9.77. The molecule has 0 fully saturated rings. The summed E-state index contributed by atoms with van der Waals surface area (Å²) in [4.78, 5) is 21.5. The van der Waals surface area contributed by atoms with E-state index in [1.165, 1.54) is 16.6 Å². The van der Waals surface area contributed by atoms with Crippen molar-refractivity contribution in [2.24, 2.45) is 11.3 Å². The molecule has 4 rings (SSSR count). The van der Waals surface area contributed by atoms with Gasteiger partial charge in [-0.05, 0) is 48.3 Å². The lowest BCUT2D eigenvalue weighted by Gasteiger charge is -2.33. The summed E-state index contributed by atoms with van der Waals surface area (Å²) in [6.45, 7) is 6.83. The number of para-hydroxylation sites is 2. The zero-order valence-corrected chi connectivity index (χ0v) is 18.5. The zero-order chi connectivity index (χ0) is 20.6. The first-order chi connectivity index (χ1) is 13.8. The van der Waals surface area contributed by atoms with Gasteiger partial charge in [-0.3, -0.25) is 4.79 Å². The third kappa shape index (κ3) is 4.19. The quantitative estimate of drug-likeness (QED) is 0.551. The van der Waals surface area contributed by atoms with E-state index >= 15 is 0 Å². The molecule has 2 heterocycles. The number of thiophene rings is 1. The number of carbonyl (C=O) groups is 1. The van der Waals surface area contributed by atoms with Gasteiger partial charge >= 0.3 is 0 Å². The second-order valence-corrected chi connectivity index (χ2v) is 10.6. The molecule has 2 N–H and O–H groups in total. The summed E-state index contributed by atoms with van der Waals surface area (Å²) in [6, 6.07) is 10.1. The molecule has 0 bridgehead atoms. The van der Waals surface area contributed by atoms with E-state index in [4.69, 9.17) is 0 Å². The van der Waals surface area contributed by atoms with Crippen LogP contribution in [0.25, 0.3) is 11.0 Å². The number of fused-ring (bicyclic) bond motifs is 2. The number of anilines is 1. The molecule has 1 aromatic carbocycles. The zero-order valence-electron chi connectivity index (χ0n) is 16.8. The summed E-state index contributed by atoms with van der Waals surface area (Å²) in [6.07, 6.45) is 3.00. The van der Waals surface area contributed by atoms with Gasteiger partial charge in [-0.15, -0.1) is 11.3 Å². The Morgan fingerprint density at radius 2 is 2.21 bits per heavy atom. The number of rotatable bonds is 4. The number of hydrogen-bond donors (Lipinski definition) is 2. The number of H-pyrrole nitrogens is 1. The van der Waals surface area contributed by atoms with Gasteiger partial charge < -0.3 is 10.3 Å². The minimum Gasteiger partial charge on any atom is -0.333 e. The average Bonchev–Trinajstić information content (AvgIpc) is 3.25. The number of amides is 1. The van der Waals surface area contributed by atoms with Crippen molar-refractivity contribution in [3.05, 3.63) is 40.3 Å². The predicted molar refractivity (Wildman–Crippen MR) is 119 cm³/mol. The number of nitriles is 1. The molecule has 0 radical (unpaired) electrons. The Kier molecular flexibility index (Phi) is 5.41. The molecule has 0 aliphatic heterocycles. The van der Waals surface area contributed by atoms with E-state index in [1.807, 2.05) is 24.3 Å². The van der Waals surface area contributed by atoms with Crippen LogP contribution in [0, 0.1) is 22.7 Å². The lowest BCUT2D eigenvalue weighted by Crippen LogP contribution is -2.26. The van der Waals surface area contributed by atoms with Gasteiger partial charge in [-0.1, -0.05) is 44.7 Å². The highest BCUT2D eigenvalue weighted by molar-refractivity contribution is 7.99. The summed E-state index contributed by atoms with van der Waals surface area (Å²) in [5.41, 5.74) is 3.89. The molecule has 1 aliphatic rings. The van der Waals surface area contributed by atoms with Crippen LogP contribution >= 0.6 is 23.1 Å². The Bertz CT molecular complexity index is 1070. The van der Waals surface area contributed by atoms with Crippen LogP contribution in [0.15, 0.2) is 29.4 Å². The first kappa shape index (κ1) is 20.0. The molecular formula is C22H24N4OS2. The topological polar surface area (TPSA) is 81.6 Å². The van der Waals surface area contributed by atoms with Crippen molar-refractivity contribution in [1.29, 1.82) is 5.26 Å². The number of nitrogens with one attached hydrogen (secondary N) is 2. The number of carbonyl (C=O) groups excluding carboxylic acids is 1. The maximum absolute atomic E-state index is 12.5. The molecular weight excluding hydrogens is 400 g/mol. The fraction of sp³-hybridized carbons (Fsp3) is 0.409. The number of imidazole rings is 1. The third-order valence-electron chi connectivity index (χ3n) is 5.56. The molecule has 1 atom stereocenters. The minimum absolute atomic E-state index is 0.113. The smallest absolute Gasteiger partial charge is 0.235 e. The Morgan fingerprint density at radius 3 is 2.93 bits per heavy atom. The Labute approximate surface area is 178 Å². The van der Waals surface area contributed by atoms with Gasteiger partial charge in [-0.25, -0.2) is 4.98 Å². The average molecular weight is 425 g/mol. The van der Waals surface area contributed by atoms with Crippen molar-refractivity contribution in [2.45, 2.75) is 45.2 Å². The number of benzene rings is 1. The van der Waals surface area contributed by atoms with Crippen molar-refractivity contribution in [3.63, 3.8) is 0 Å². The van der Waals surface area contributed by atoms with E-state index in [9.17, 15) is 10.1 Å². The van der Waals surface area contributed by atoms with Gasteiger partial charge in [0.15, 0.2) is 5.16 Å². The summed E-state index contributed by atoms with van der Waals surface area (Å²) >= 11 is 2.94. The molecule has 0 saturated heterocycles. The Hall–Kier alpha value is -2.30. The maximum atomic E-state index is 12.5. The number of thioether (sulfide) groups is 1. The van der Waals surface area contributed by atoms with Gasteiger partial charge in [0.05, 0.1) is 22.3 Å². The van der Waals surface area contributed by atoms with Crippen LogP contribution in [-0.2, 0) is 17.6 Å². The highest BCUT2D eigenvalue weighted by atomic mass is 32.2. The van der Waals surface area contributed by atoms with Crippen LogP contribution in [0.2, 0.25) is 0 Å². The molecule has 0 saturated carbocycles. The molecule has 7 heteroatoms. The fourth-order valence-corrected chi connectivity index (χ4v) is 5.80. The lowest BCUT2D eigenvalue weighted by atomic mass is 9.72. The van der Waals surface area contributed by atoms with Gasteiger partial charge in [-0.2, -0.15) is 5.26 Å². The predicted octanol–water partition coefficient (Wildman–Crippen LogP) is 5.38. The van der Waals surface area contributed by atoms with Crippen LogP contribution in [0.5, 0.6) is 0 Å². The third-order valence-corrected chi connectivity index (χ3v) is 7.61. The Morgan fingerprint density at radius 1 is 1.41 bits per heavy atom. The SMILES string of the molecule is CC(C)(C)C1CCc2c(sc(NC(=O)CSc3nc4ccccc4[nH]3)c2C#N)C1. The van der Waals surface area contributed by atoms with Crippen molar-refractivity contribution in [1.82, 2.24) is 9.97 Å². The van der Waals surface area contributed by atoms with E-state index in [2.05, 4.69) is 42.1 Å². The van der Waals surface area contributed by atoms with Crippen molar-refractivity contribution in [2.75, 3.05) is 11.1 Å². The highest BCUT2D eigenvalue weighted by Crippen LogP contribution is 2.44. The van der Waals surface area contributed by atoms with Crippen molar-refractivity contribution >= 4 is 45.0 Å². The molecule has 29 heavy (non-hydrogen) atoms. The van der Waals surface area contributed by atoms with Crippen molar-refractivity contribution in [3.8, 4) is 6.07 Å². The fourth-order valence-electron chi connectivity index (χ4n) is 3.83. The monoisotopic (exact) mass is 424 g/mol. The van der Waals surface area contributed by atoms with Crippen LogP contribution in [-0.4, -0.2) is 21.6 Å². The standard InChI is InChI=1S/C22H24N4OS2/c1-22(2,3)13-8-9-14-15(11-23)20(29-18(14)10-13)26-19(27)12-28-21-24-16-6-4-5-7-17(16)25-21/h4-7,13H,8-10,12H2,1-3H3,(H,24,25)(H,26,27). The molecule has 2 aromatic heterocycles. The van der Waals surface area contributed by atoms with Crippen LogP contribution in [0.1, 0.15) is 43.2 Å². The molecule has 5 nitrogen and oxygen atoms in total. The largest absolute Gasteiger partial charge is 0.333 e. The summed E-state index contributed by atoms with van der Waals surface area (Å²) in [7, 11) is 0. The number of hydrogen-bond acceptors (Lipinski definition) is 5. The lowest BCUT2D eigenvalue weighted by molar-refractivity contribution is -0.113. The summed E-state index contributed by atoms with van der Waals surface area (Å²) < 4.78 is 0. The number of nitrogens with zero attached hydrogens (tertiary/aromatic N) is 2. The van der Waals surface area contributed by atoms with E-state index in [-0.39, 0.29) is 17.1 Å². The van der Waals surface area contributed by atoms with Crippen molar-refractivity contribution < 1.29 is 4.79 Å². The molecule has 3 aromatic rings. The van der Waals surface area contributed by atoms with Crippen LogP contribution in [0.4, 0.5) is 5.00 Å². The summed E-state index contributed by atoms with van der Waals surface area (Å²) in [5, 5.41) is 14.1. The molecule has 150 valence electrons. The number of aromatic amines is 1. The second kappa shape index (κ2) is 7.85. The van der Waals surface area contributed by atoms with E-state index < -0.39 is 0 Å². The second-order valence-electron chi connectivity index (χ2n) is 8.52. The minimum atomic E-state index is -0.113. The molecule has 1 unspecified atom stereocenters. The molecule has 1 aliphatic carbocycles. The highest BCUT2D eigenvalue weighted by Gasteiger charge is 2.32. The number of aromatic nitrogens is 2. The Balaban J connectivity index is 1.44. The summed E-state index contributed by atoms with van der Waals surface area (Å²) in [5.74, 6) is 0.739. The van der Waals surface area contributed by atoms with E-state index in [1.54, 1.807) is 11.3 Å². The van der Waals surface area contributed by atoms with Gasteiger partial charge in [0.1, 0.15) is 11.1 Å².